The molecule has 4 nitrogen and oxygen atoms in total. The Balaban J connectivity index is 1.72. The van der Waals surface area contributed by atoms with Gasteiger partial charge in [-0.3, -0.25) is 0 Å². The van der Waals surface area contributed by atoms with Crippen molar-refractivity contribution in [3.05, 3.63) is 54.2 Å². The number of para-hydroxylation sites is 1. The van der Waals surface area contributed by atoms with E-state index in [4.69, 9.17) is 4.74 Å². The smallest absolute Gasteiger partial charge is 0.191 e. The molecule has 1 unspecified atom stereocenters. The maximum atomic E-state index is 5.99. The number of rotatable bonds is 2. The Morgan fingerprint density at radius 3 is 2.95 bits per heavy atom. The first-order valence-corrected chi connectivity index (χ1v) is 6.97. The van der Waals surface area contributed by atoms with Gasteiger partial charge in [-0.15, -0.1) is 0 Å². The van der Waals surface area contributed by atoms with E-state index in [1.807, 2.05) is 30.3 Å². The van der Waals surface area contributed by atoms with Gasteiger partial charge in [0.15, 0.2) is 11.6 Å². The monoisotopic (exact) mass is 265 g/mol. The van der Waals surface area contributed by atoms with Gasteiger partial charge in [0.2, 0.25) is 0 Å². The third-order valence-electron chi connectivity index (χ3n) is 3.80. The minimum Gasteiger partial charge on any atom is -0.455 e. The molecule has 100 valence electrons. The van der Waals surface area contributed by atoms with Crippen LogP contribution >= 0.6 is 0 Å². The van der Waals surface area contributed by atoms with Crippen molar-refractivity contribution < 1.29 is 4.74 Å². The van der Waals surface area contributed by atoms with Gasteiger partial charge in [-0.2, -0.15) is 0 Å². The van der Waals surface area contributed by atoms with Crippen molar-refractivity contribution >= 4 is 11.5 Å². The highest BCUT2D eigenvalue weighted by Crippen LogP contribution is 2.47. The largest absolute Gasteiger partial charge is 0.455 e. The minimum atomic E-state index is 0.318. The third kappa shape index (κ3) is 1.84. The molecule has 1 N–H and O–H groups in total. The van der Waals surface area contributed by atoms with Gasteiger partial charge < -0.3 is 10.1 Å². The van der Waals surface area contributed by atoms with Gasteiger partial charge in [0.1, 0.15) is 12.1 Å². The summed E-state index contributed by atoms with van der Waals surface area (Å²) >= 11 is 0. The summed E-state index contributed by atoms with van der Waals surface area (Å²) in [5.41, 5.74) is 2.02. The van der Waals surface area contributed by atoms with Crippen LogP contribution < -0.4 is 10.1 Å². The van der Waals surface area contributed by atoms with Crippen molar-refractivity contribution in [2.75, 3.05) is 5.32 Å². The van der Waals surface area contributed by atoms with Gasteiger partial charge in [0, 0.05) is 5.69 Å². The van der Waals surface area contributed by atoms with Gasteiger partial charge in [0.05, 0.1) is 11.6 Å². The summed E-state index contributed by atoms with van der Waals surface area (Å²) in [5.74, 6) is 2.90. The first kappa shape index (κ1) is 11.5. The van der Waals surface area contributed by atoms with Crippen molar-refractivity contribution in [1.29, 1.82) is 0 Å². The van der Waals surface area contributed by atoms with E-state index in [1.54, 1.807) is 6.33 Å². The number of anilines is 2. The first-order valence-electron chi connectivity index (χ1n) is 6.97. The molecule has 0 spiro atoms. The fourth-order valence-corrected chi connectivity index (χ4v) is 2.84. The summed E-state index contributed by atoms with van der Waals surface area (Å²) in [6.45, 7) is 0. The second-order valence-corrected chi connectivity index (χ2v) is 5.12. The lowest BCUT2D eigenvalue weighted by molar-refractivity contribution is 0.404. The molecule has 2 aromatic rings. The van der Waals surface area contributed by atoms with Gasteiger partial charge in [-0.25, -0.2) is 9.97 Å². The number of benzene rings is 1. The number of nitrogens with one attached hydrogen (secondary N) is 1. The summed E-state index contributed by atoms with van der Waals surface area (Å²) < 4.78 is 5.99. The molecule has 0 fully saturated rings. The molecule has 4 rings (SSSR count). The molecule has 0 amide bonds. The average molecular weight is 265 g/mol. The molecule has 20 heavy (non-hydrogen) atoms. The van der Waals surface area contributed by atoms with Gasteiger partial charge in [0.25, 0.3) is 0 Å². The summed E-state index contributed by atoms with van der Waals surface area (Å²) in [6, 6.07) is 10.00. The highest BCUT2D eigenvalue weighted by Gasteiger charge is 2.34. The van der Waals surface area contributed by atoms with E-state index in [9.17, 15) is 0 Å². The second kappa shape index (κ2) is 4.63. The SMILES string of the molecule is C1=C2Oc3c(Nc4ccccc4)ncnc3C2CCC1. The zero-order chi connectivity index (χ0) is 13.4. The number of fused-ring (bicyclic) bond motifs is 3. The standard InChI is InChI=1S/C16H15N3O/c1-2-6-11(7-3-1)19-16-15-14(17-10-18-16)12-8-4-5-9-13(12)20-15/h1-3,6-7,9-10,12H,4-5,8H2,(H,17,18,19). The number of ether oxygens (including phenoxy) is 1. The van der Waals surface area contributed by atoms with Gasteiger partial charge in [-0.1, -0.05) is 18.2 Å². The van der Waals surface area contributed by atoms with Crippen molar-refractivity contribution in [2.24, 2.45) is 0 Å². The van der Waals surface area contributed by atoms with Crippen LogP contribution in [0.15, 0.2) is 48.5 Å². The molecule has 1 aromatic carbocycles. The Hall–Kier alpha value is -2.36. The van der Waals surface area contributed by atoms with E-state index >= 15 is 0 Å². The molecule has 1 aromatic heterocycles. The normalized spacial score (nSPS) is 19.6. The van der Waals surface area contributed by atoms with E-state index in [0.717, 1.165) is 41.5 Å². The quantitative estimate of drug-likeness (QED) is 0.898. The lowest BCUT2D eigenvalue weighted by atomic mass is 9.92. The van der Waals surface area contributed by atoms with Crippen LogP contribution in [0.3, 0.4) is 0 Å². The van der Waals surface area contributed by atoms with Crippen LogP contribution in [-0.4, -0.2) is 9.97 Å². The van der Waals surface area contributed by atoms with Crippen LogP contribution in [0.1, 0.15) is 30.9 Å². The van der Waals surface area contributed by atoms with Crippen LogP contribution in [0.2, 0.25) is 0 Å². The van der Waals surface area contributed by atoms with Crippen LogP contribution in [-0.2, 0) is 0 Å². The highest BCUT2D eigenvalue weighted by atomic mass is 16.5. The summed E-state index contributed by atoms with van der Waals surface area (Å²) in [6.07, 6.45) is 7.20. The maximum Gasteiger partial charge on any atom is 0.191 e. The summed E-state index contributed by atoms with van der Waals surface area (Å²) in [4.78, 5) is 8.76. The van der Waals surface area contributed by atoms with Crippen LogP contribution in [0.25, 0.3) is 0 Å². The Bertz CT molecular complexity index is 667. The fourth-order valence-electron chi connectivity index (χ4n) is 2.84. The molecule has 1 aliphatic carbocycles. The van der Waals surface area contributed by atoms with Crippen LogP contribution in [0, 0.1) is 0 Å². The Morgan fingerprint density at radius 2 is 2.05 bits per heavy atom. The number of allylic oxidation sites excluding steroid dienone is 2. The zero-order valence-electron chi connectivity index (χ0n) is 11.0. The highest BCUT2D eigenvalue weighted by molar-refractivity contribution is 5.65. The van der Waals surface area contributed by atoms with E-state index in [1.165, 1.54) is 6.42 Å². The Morgan fingerprint density at radius 1 is 1.15 bits per heavy atom. The molecule has 0 saturated carbocycles. The first-order chi connectivity index (χ1) is 9.92. The van der Waals surface area contributed by atoms with Gasteiger partial charge >= 0.3 is 0 Å². The predicted octanol–water partition coefficient (Wildman–Crippen LogP) is 3.76. The van der Waals surface area contributed by atoms with Crippen molar-refractivity contribution in [1.82, 2.24) is 9.97 Å². The van der Waals surface area contributed by atoms with E-state index in [2.05, 4.69) is 21.4 Å². The van der Waals surface area contributed by atoms with Crippen LogP contribution in [0.4, 0.5) is 11.5 Å². The van der Waals surface area contributed by atoms with Crippen molar-refractivity contribution in [2.45, 2.75) is 25.2 Å². The lowest BCUT2D eigenvalue weighted by Crippen LogP contribution is -2.04. The molecular weight excluding hydrogens is 250 g/mol. The molecule has 4 heteroatoms. The third-order valence-corrected chi connectivity index (χ3v) is 3.80. The molecule has 0 saturated heterocycles. The van der Waals surface area contributed by atoms with Gasteiger partial charge in [-0.05, 0) is 37.5 Å². The Labute approximate surface area is 117 Å². The van der Waals surface area contributed by atoms with E-state index < -0.39 is 0 Å². The van der Waals surface area contributed by atoms with E-state index in [-0.39, 0.29) is 0 Å². The molecule has 0 radical (unpaired) electrons. The number of aromatic nitrogens is 2. The minimum absolute atomic E-state index is 0.318. The summed E-state index contributed by atoms with van der Waals surface area (Å²) in [5, 5.41) is 3.31. The number of nitrogens with zero attached hydrogens (tertiary/aromatic N) is 2. The number of hydrogen-bond donors (Lipinski definition) is 1. The average Bonchev–Trinajstić information content (AvgIpc) is 2.88. The molecular formula is C16H15N3O. The van der Waals surface area contributed by atoms with Crippen molar-refractivity contribution in [3.8, 4) is 5.75 Å². The molecule has 2 heterocycles. The lowest BCUT2D eigenvalue weighted by Gasteiger charge is -2.13. The summed E-state index contributed by atoms with van der Waals surface area (Å²) in [7, 11) is 0. The molecule has 0 bridgehead atoms. The second-order valence-electron chi connectivity index (χ2n) is 5.12. The van der Waals surface area contributed by atoms with E-state index in [0.29, 0.717) is 5.92 Å². The molecule has 1 aliphatic heterocycles. The fraction of sp³-hybridized carbons (Fsp3) is 0.250. The topological polar surface area (TPSA) is 47.0 Å². The maximum absolute atomic E-state index is 5.99. The number of hydrogen-bond acceptors (Lipinski definition) is 4. The predicted molar refractivity (Wildman–Crippen MR) is 77.1 cm³/mol. The molecule has 2 aliphatic rings. The van der Waals surface area contributed by atoms with Crippen molar-refractivity contribution in [3.63, 3.8) is 0 Å². The zero-order valence-corrected chi connectivity index (χ0v) is 11.0. The van der Waals surface area contributed by atoms with Crippen LogP contribution in [0.5, 0.6) is 5.75 Å². The molecule has 1 atom stereocenters. The Kier molecular flexibility index (Phi) is 2.66.